The Morgan fingerprint density at radius 3 is 2.66 bits per heavy atom. The van der Waals surface area contributed by atoms with Crippen LogP contribution in [0.1, 0.15) is 18.4 Å². The Hall–Kier alpha value is -3.99. The van der Waals surface area contributed by atoms with Gasteiger partial charge in [0.05, 0.1) is 18.1 Å². The van der Waals surface area contributed by atoms with E-state index in [-0.39, 0.29) is 39.5 Å². The molecule has 0 saturated carbocycles. The van der Waals surface area contributed by atoms with Crippen molar-refractivity contribution in [1.29, 1.82) is 0 Å². The Labute approximate surface area is 182 Å². The standard InChI is InChI=1S/C24H18F2N4O2/c1-3-15-18(25)7-6-13-10-14(31)11-16(19(13)15)21-20(26)22-17(12-27-21)23(29-24(28-22)32-2)30-8-4-5-9-30/h1,6-7,10-12,31H,4-5,8-9H2,2H3. The average Bonchev–Trinajstić information content (AvgIpc) is 3.33. The SMILES string of the molecule is C#Cc1c(F)ccc2cc(O)cc(-c3ncc4c(N5CCCC5)nc(OC)nc4c3F)c12. The molecular weight excluding hydrogens is 414 g/mol. The van der Waals surface area contributed by atoms with Crippen LogP contribution in [-0.2, 0) is 0 Å². The van der Waals surface area contributed by atoms with Crippen molar-refractivity contribution in [3.8, 4) is 35.4 Å². The molecule has 0 unspecified atom stereocenters. The minimum absolute atomic E-state index is 0.0268. The molecular formula is C24H18F2N4O2. The number of pyridine rings is 1. The second-order valence-corrected chi connectivity index (χ2v) is 7.57. The molecule has 1 N–H and O–H groups in total. The molecule has 160 valence electrons. The number of nitrogens with zero attached hydrogens (tertiary/aromatic N) is 4. The van der Waals surface area contributed by atoms with Gasteiger partial charge < -0.3 is 14.7 Å². The van der Waals surface area contributed by atoms with Crippen molar-refractivity contribution in [2.75, 3.05) is 25.1 Å². The summed E-state index contributed by atoms with van der Waals surface area (Å²) in [6.07, 6.45) is 9.06. The predicted octanol–water partition coefficient (Wildman–Crippen LogP) is 4.42. The number of halogens is 2. The van der Waals surface area contributed by atoms with E-state index in [2.05, 4.69) is 20.9 Å². The molecule has 3 heterocycles. The largest absolute Gasteiger partial charge is 0.508 e. The molecule has 0 amide bonds. The second-order valence-electron chi connectivity index (χ2n) is 7.57. The molecule has 0 aliphatic carbocycles. The van der Waals surface area contributed by atoms with Gasteiger partial charge in [-0.25, -0.2) is 8.78 Å². The maximum atomic E-state index is 15.9. The van der Waals surface area contributed by atoms with Gasteiger partial charge in [0.1, 0.15) is 28.6 Å². The first-order valence-corrected chi connectivity index (χ1v) is 10.1. The Morgan fingerprint density at radius 1 is 1.16 bits per heavy atom. The van der Waals surface area contributed by atoms with Gasteiger partial charge in [0.2, 0.25) is 0 Å². The van der Waals surface area contributed by atoms with Crippen molar-refractivity contribution in [2.24, 2.45) is 0 Å². The number of rotatable bonds is 3. The normalized spacial score (nSPS) is 13.6. The Morgan fingerprint density at radius 2 is 1.94 bits per heavy atom. The summed E-state index contributed by atoms with van der Waals surface area (Å²) in [6.45, 7) is 1.58. The number of aromatic hydroxyl groups is 1. The Kier molecular flexibility index (Phi) is 4.74. The van der Waals surface area contributed by atoms with Crippen LogP contribution in [0, 0.1) is 24.0 Å². The lowest BCUT2D eigenvalue weighted by molar-refractivity contribution is 0.381. The number of anilines is 1. The van der Waals surface area contributed by atoms with Gasteiger partial charge in [-0.2, -0.15) is 9.97 Å². The highest BCUT2D eigenvalue weighted by Gasteiger charge is 2.24. The van der Waals surface area contributed by atoms with Gasteiger partial charge in [0.25, 0.3) is 0 Å². The number of terminal acetylenes is 1. The van der Waals surface area contributed by atoms with Crippen LogP contribution >= 0.6 is 0 Å². The molecule has 1 saturated heterocycles. The molecule has 0 spiro atoms. The summed E-state index contributed by atoms with van der Waals surface area (Å²) in [7, 11) is 1.42. The van der Waals surface area contributed by atoms with Gasteiger partial charge in [-0.05, 0) is 36.4 Å². The lowest BCUT2D eigenvalue weighted by atomic mass is 9.96. The number of phenolic OH excluding ortho intramolecular Hbond substituents is 1. The summed E-state index contributed by atoms with van der Waals surface area (Å²) in [4.78, 5) is 15.0. The fraction of sp³-hybridized carbons (Fsp3) is 0.208. The van der Waals surface area contributed by atoms with Gasteiger partial charge in [-0.3, -0.25) is 4.98 Å². The fourth-order valence-electron chi connectivity index (χ4n) is 4.22. The van der Waals surface area contributed by atoms with E-state index in [0.29, 0.717) is 16.6 Å². The van der Waals surface area contributed by atoms with Crippen molar-refractivity contribution < 1.29 is 18.6 Å². The summed E-state index contributed by atoms with van der Waals surface area (Å²) >= 11 is 0. The quantitative estimate of drug-likeness (QED) is 0.484. The highest BCUT2D eigenvalue weighted by atomic mass is 19.1. The zero-order valence-electron chi connectivity index (χ0n) is 17.2. The first kappa shape index (κ1) is 19.9. The molecule has 0 atom stereocenters. The summed E-state index contributed by atoms with van der Waals surface area (Å²) in [5, 5.41) is 11.4. The van der Waals surface area contributed by atoms with E-state index < -0.39 is 11.6 Å². The van der Waals surface area contributed by atoms with Gasteiger partial charge in [-0.1, -0.05) is 12.0 Å². The maximum Gasteiger partial charge on any atom is 0.318 e. The monoisotopic (exact) mass is 432 g/mol. The molecule has 8 heteroatoms. The topological polar surface area (TPSA) is 71.4 Å². The number of phenols is 1. The van der Waals surface area contributed by atoms with Crippen LogP contribution in [-0.4, -0.2) is 40.3 Å². The predicted molar refractivity (Wildman–Crippen MR) is 118 cm³/mol. The first-order valence-electron chi connectivity index (χ1n) is 10.1. The van der Waals surface area contributed by atoms with Gasteiger partial charge in [0.15, 0.2) is 5.82 Å². The van der Waals surface area contributed by atoms with E-state index in [0.717, 1.165) is 25.9 Å². The van der Waals surface area contributed by atoms with Gasteiger partial charge >= 0.3 is 6.01 Å². The Balaban J connectivity index is 1.83. The highest BCUT2D eigenvalue weighted by Crippen LogP contribution is 2.38. The van der Waals surface area contributed by atoms with E-state index in [4.69, 9.17) is 11.2 Å². The van der Waals surface area contributed by atoms with E-state index in [1.807, 2.05) is 4.90 Å². The molecule has 4 aromatic rings. The van der Waals surface area contributed by atoms with Gasteiger partial charge in [-0.15, -0.1) is 6.42 Å². The van der Waals surface area contributed by atoms with Crippen LogP contribution in [0.5, 0.6) is 11.8 Å². The summed E-state index contributed by atoms with van der Waals surface area (Å²) in [5.74, 6) is 1.41. The summed E-state index contributed by atoms with van der Waals surface area (Å²) < 4.78 is 35.5. The van der Waals surface area contributed by atoms with Crippen molar-refractivity contribution in [3.05, 3.63) is 47.7 Å². The number of methoxy groups -OCH3 is 1. The average molecular weight is 432 g/mol. The maximum absolute atomic E-state index is 15.9. The van der Waals surface area contributed by atoms with Crippen molar-refractivity contribution in [1.82, 2.24) is 15.0 Å². The highest BCUT2D eigenvalue weighted by molar-refractivity contribution is 6.03. The minimum Gasteiger partial charge on any atom is -0.508 e. The lowest BCUT2D eigenvalue weighted by Gasteiger charge is -2.19. The number of fused-ring (bicyclic) bond motifs is 2. The van der Waals surface area contributed by atoms with Crippen molar-refractivity contribution in [2.45, 2.75) is 12.8 Å². The van der Waals surface area contributed by atoms with Crippen LogP contribution < -0.4 is 9.64 Å². The van der Waals surface area contributed by atoms with Crippen LogP contribution in [0.4, 0.5) is 14.6 Å². The van der Waals surface area contributed by atoms with Gasteiger partial charge in [0, 0.05) is 30.2 Å². The van der Waals surface area contributed by atoms with Crippen molar-refractivity contribution in [3.63, 3.8) is 0 Å². The third-order valence-corrected chi connectivity index (χ3v) is 5.68. The number of hydrogen-bond donors (Lipinski definition) is 1. The van der Waals surface area contributed by atoms with E-state index in [1.54, 1.807) is 0 Å². The van der Waals surface area contributed by atoms with Crippen LogP contribution in [0.2, 0.25) is 0 Å². The van der Waals surface area contributed by atoms with E-state index in [9.17, 15) is 9.50 Å². The van der Waals surface area contributed by atoms with E-state index >= 15 is 4.39 Å². The number of hydrogen-bond acceptors (Lipinski definition) is 6. The number of benzene rings is 2. The molecule has 32 heavy (non-hydrogen) atoms. The third kappa shape index (κ3) is 3.05. The zero-order valence-corrected chi connectivity index (χ0v) is 17.2. The molecule has 1 aliphatic heterocycles. The van der Waals surface area contributed by atoms with Crippen LogP contribution in [0.15, 0.2) is 30.5 Å². The molecule has 1 fully saturated rings. The fourth-order valence-corrected chi connectivity index (χ4v) is 4.22. The summed E-state index contributed by atoms with van der Waals surface area (Å²) in [6, 6.07) is 5.48. The van der Waals surface area contributed by atoms with Crippen LogP contribution in [0.25, 0.3) is 32.9 Å². The molecule has 6 nitrogen and oxygen atoms in total. The molecule has 2 aromatic heterocycles. The number of ether oxygens (including phenoxy) is 1. The smallest absolute Gasteiger partial charge is 0.318 e. The number of aromatic nitrogens is 3. The molecule has 1 aliphatic rings. The molecule has 2 aromatic carbocycles. The van der Waals surface area contributed by atoms with Crippen molar-refractivity contribution >= 4 is 27.5 Å². The second kappa shape index (κ2) is 7.61. The molecule has 5 rings (SSSR count). The third-order valence-electron chi connectivity index (χ3n) is 5.68. The molecule has 0 bridgehead atoms. The first-order chi connectivity index (χ1) is 15.5. The van der Waals surface area contributed by atoms with E-state index in [1.165, 1.54) is 37.6 Å². The zero-order chi connectivity index (χ0) is 22.4. The minimum atomic E-state index is -0.734. The Bertz CT molecular complexity index is 1430. The lowest BCUT2D eigenvalue weighted by Crippen LogP contribution is -2.20. The molecule has 0 radical (unpaired) electrons. The van der Waals surface area contributed by atoms with Crippen LogP contribution in [0.3, 0.4) is 0 Å². The summed E-state index contributed by atoms with van der Waals surface area (Å²) in [5.41, 5.74) is 0.0662.